The van der Waals surface area contributed by atoms with E-state index in [0.29, 0.717) is 13.1 Å². The Balaban J connectivity index is 1.52. The lowest BCUT2D eigenvalue weighted by atomic mass is 9.90. The van der Waals surface area contributed by atoms with Gasteiger partial charge in [0.15, 0.2) is 0 Å². The number of urea groups is 1. The fourth-order valence-corrected chi connectivity index (χ4v) is 3.72. The Labute approximate surface area is 153 Å². The molecule has 0 bridgehead atoms. The quantitative estimate of drug-likeness (QED) is 0.772. The molecule has 1 atom stereocenters. The van der Waals surface area contributed by atoms with Crippen LogP contribution in [0.25, 0.3) is 0 Å². The molecule has 142 valence electrons. The molecule has 1 aromatic carbocycles. The molecule has 6 nitrogen and oxygen atoms in total. The maximum atomic E-state index is 13.7. The third-order valence-electron chi connectivity index (χ3n) is 5.31. The minimum absolute atomic E-state index is 0.00821. The Morgan fingerprint density at radius 1 is 1.12 bits per heavy atom. The number of halogens is 1. The van der Waals surface area contributed by atoms with Crippen LogP contribution in [0.4, 0.5) is 14.9 Å². The Hall–Kier alpha value is -2.15. The minimum atomic E-state index is -0.470. The van der Waals surface area contributed by atoms with Crippen LogP contribution in [0.15, 0.2) is 24.3 Å². The summed E-state index contributed by atoms with van der Waals surface area (Å²) in [5.74, 6) is -0.678. The molecule has 4 N–H and O–H groups in total. The molecular weight excluding hydrogens is 335 g/mol. The molecule has 1 saturated carbocycles. The van der Waals surface area contributed by atoms with Crippen LogP contribution in [-0.2, 0) is 4.79 Å². The van der Waals surface area contributed by atoms with Gasteiger partial charge in [-0.1, -0.05) is 12.1 Å². The maximum absolute atomic E-state index is 13.7. The third kappa shape index (κ3) is 4.72. The second-order valence-corrected chi connectivity index (χ2v) is 7.32. The lowest BCUT2D eigenvalue weighted by Crippen LogP contribution is -2.49. The monoisotopic (exact) mass is 362 g/mol. The summed E-state index contributed by atoms with van der Waals surface area (Å²) in [5.41, 5.74) is 6.06. The van der Waals surface area contributed by atoms with E-state index in [2.05, 4.69) is 10.6 Å². The van der Waals surface area contributed by atoms with Crippen molar-refractivity contribution in [3.05, 3.63) is 30.1 Å². The molecule has 1 aromatic rings. The first kappa shape index (κ1) is 18.6. The van der Waals surface area contributed by atoms with E-state index in [1.807, 2.05) is 0 Å². The molecule has 7 heteroatoms. The van der Waals surface area contributed by atoms with Gasteiger partial charge < -0.3 is 21.3 Å². The molecule has 3 rings (SSSR count). The molecule has 1 heterocycles. The van der Waals surface area contributed by atoms with E-state index < -0.39 is 5.82 Å². The maximum Gasteiger partial charge on any atom is 0.321 e. The van der Waals surface area contributed by atoms with E-state index in [0.717, 1.165) is 38.5 Å². The number of benzene rings is 1. The molecule has 0 radical (unpaired) electrons. The van der Waals surface area contributed by atoms with E-state index in [1.165, 1.54) is 12.1 Å². The molecule has 0 spiro atoms. The summed E-state index contributed by atoms with van der Waals surface area (Å²) in [6.45, 7) is 0.931. The van der Waals surface area contributed by atoms with Crippen molar-refractivity contribution in [3.8, 4) is 0 Å². The van der Waals surface area contributed by atoms with Gasteiger partial charge in [-0.05, 0) is 50.7 Å². The van der Waals surface area contributed by atoms with Crippen molar-refractivity contribution >= 4 is 17.6 Å². The Kier molecular flexibility index (Phi) is 6.08. The van der Waals surface area contributed by atoms with Crippen molar-refractivity contribution in [3.63, 3.8) is 0 Å². The van der Waals surface area contributed by atoms with Crippen LogP contribution < -0.4 is 16.4 Å². The van der Waals surface area contributed by atoms with E-state index in [4.69, 9.17) is 5.73 Å². The highest BCUT2D eigenvalue weighted by atomic mass is 19.1. The number of carbonyl (C=O) groups is 2. The third-order valence-corrected chi connectivity index (χ3v) is 5.31. The van der Waals surface area contributed by atoms with E-state index in [1.54, 1.807) is 17.0 Å². The summed E-state index contributed by atoms with van der Waals surface area (Å²) in [6.07, 6.45) is 5.23. The molecule has 1 saturated heterocycles. The smallest absolute Gasteiger partial charge is 0.321 e. The normalized spacial score (nSPS) is 26.2. The predicted molar refractivity (Wildman–Crippen MR) is 98.1 cm³/mol. The molecule has 26 heavy (non-hydrogen) atoms. The number of rotatable bonds is 3. The van der Waals surface area contributed by atoms with Crippen LogP contribution in [-0.4, -0.2) is 42.0 Å². The standard InChI is InChI=1S/C19H27FN4O2/c20-16-5-1-2-6-17(16)23-19(26)24-11-3-4-13(12-24)18(25)22-15-9-7-14(21)8-10-15/h1-2,5-6,13-15H,3-4,7-12,21H2,(H,22,25)(H,23,26). The predicted octanol–water partition coefficient (Wildman–Crippen LogP) is 2.46. The van der Waals surface area contributed by atoms with Gasteiger partial charge in [0.25, 0.3) is 0 Å². The van der Waals surface area contributed by atoms with Crippen molar-refractivity contribution in [2.75, 3.05) is 18.4 Å². The number of carbonyl (C=O) groups excluding carboxylic acids is 2. The molecule has 1 aliphatic carbocycles. The average molecular weight is 362 g/mol. The molecule has 0 aromatic heterocycles. The molecular formula is C19H27FN4O2. The summed E-state index contributed by atoms with van der Waals surface area (Å²) in [6, 6.07) is 6.13. The summed E-state index contributed by atoms with van der Waals surface area (Å²) in [7, 11) is 0. The zero-order chi connectivity index (χ0) is 18.5. The highest BCUT2D eigenvalue weighted by Crippen LogP contribution is 2.21. The Bertz CT molecular complexity index is 646. The van der Waals surface area contributed by atoms with Gasteiger partial charge in [0.2, 0.25) is 5.91 Å². The number of hydrogen-bond donors (Lipinski definition) is 3. The van der Waals surface area contributed by atoms with Gasteiger partial charge in [0.1, 0.15) is 5.82 Å². The fourth-order valence-electron chi connectivity index (χ4n) is 3.72. The van der Waals surface area contributed by atoms with Gasteiger partial charge in [0.05, 0.1) is 11.6 Å². The number of nitrogens with two attached hydrogens (primary N) is 1. The van der Waals surface area contributed by atoms with Gasteiger partial charge in [-0.3, -0.25) is 4.79 Å². The zero-order valence-corrected chi connectivity index (χ0v) is 14.9. The number of likely N-dealkylation sites (tertiary alicyclic amines) is 1. The van der Waals surface area contributed by atoms with E-state index in [-0.39, 0.29) is 35.6 Å². The zero-order valence-electron chi connectivity index (χ0n) is 14.9. The van der Waals surface area contributed by atoms with Gasteiger partial charge in [0, 0.05) is 25.2 Å². The molecule has 2 fully saturated rings. The SMILES string of the molecule is NC1CCC(NC(=O)C2CCCN(C(=O)Nc3ccccc3F)C2)CC1. The minimum Gasteiger partial charge on any atom is -0.353 e. The number of anilines is 1. The van der Waals surface area contributed by atoms with Gasteiger partial charge in [-0.2, -0.15) is 0 Å². The van der Waals surface area contributed by atoms with Crippen LogP contribution in [0.5, 0.6) is 0 Å². The van der Waals surface area contributed by atoms with Gasteiger partial charge in [-0.15, -0.1) is 0 Å². The second-order valence-electron chi connectivity index (χ2n) is 7.32. The summed E-state index contributed by atoms with van der Waals surface area (Å²) >= 11 is 0. The van der Waals surface area contributed by atoms with Crippen LogP contribution in [0.3, 0.4) is 0 Å². The van der Waals surface area contributed by atoms with E-state index >= 15 is 0 Å². The molecule has 3 amide bonds. The highest BCUT2D eigenvalue weighted by Gasteiger charge is 2.30. The van der Waals surface area contributed by atoms with E-state index in [9.17, 15) is 14.0 Å². The number of amides is 3. The largest absolute Gasteiger partial charge is 0.353 e. The van der Waals surface area contributed by atoms with Crippen LogP contribution >= 0.6 is 0 Å². The molecule has 1 unspecified atom stereocenters. The van der Waals surface area contributed by atoms with Gasteiger partial charge in [-0.25, -0.2) is 9.18 Å². The van der Waals surface area contributed by atoms with Crippen molar-refractivity contribution in [1.29, 1.82) is 0 Å². The van der Waals surface area contributed by atoms with Gasteiger partial charge >= 0.3 is 6.03 Å². The average Bonchev–Trinajstić information content (AvgIpc) is 2.65. The number of nitrogens with zero attached hydrogens (tertiary/aromatic N) is 1. The molecule has 1 aliphatic heterocycles. The van der Waals surface area contributed by atoms with Crippen molar-refractivity contribution in [1.82, 2.24) is 10.2 Å². The summed E-state index contributed by atoms with van der Waals surface area (Å²) in [4.78, 5) is 26.6. The lowest BCUT2D eigenvalue weighted by Gasteiger charge is -2.34. The number of hydrogen-bond acceptors (Lipinski definition) is 3. The van der Waals surface area contributed by atoms with Crippen LogP contribution in [0, 0.1) is 11.7 Å². The van der Waals surface area contributed by atoms with Crippen LogP contribution in [0.2, 0.25) is 0 Å². The Morgan fingerprint density at radius 3 is 2.58 bits per heavy atom. The summed E-state index contributed by atoms with van der Waals surface area (Å²) < 4.78 is 13.7. The Morgan fingerprint density at radius 2 is 1.85 bits per heavy atom. The first-order chi connectivity index (χ1) is 12.5. The number of nitrogens with one attached hydrogen (secondary N) is 2. The molecule has 2 aliphatic rings. The first-order valence-electron chi connectivity index (χ1n) is 9.39. The number of para-hydroxylation sites is 1. The van der Waals surface area contributed by atoms with Crippen molar-refractivity contribution in [2.24, 2.45) is 11.7 Å². The van der Waals surface area contributed by atoms with Crippen LogP contribution in [0.1, 0.15) is 38.5 Å². The lowest BCUT2D eigenvalue weighted by molar-refractivity contribution is -0.127. The second kappa shape index (κ2) is 8.49. The van der Waals surface area contributed by atoms with Crippen molar-refractivity contribution < 1.29 is 14.0 Å². The first-order valence-corrected chi connectivity index (χ1v) is 9.39. The summed E-state index contributed by atoms with van der Waals surface area (Å²) in [5, 5.41) is 5.71. The fraction of sp³-hybridized carbons (Fsp3) is 0.579. The highest BCUT2D eigenvalue weighted by molar-refractivity contribution is 5.90. The van der Waals surface area contributed by atoms with Crippen molar-refractivity contribution in [2.45, 2.75) is 50.6 Å². The number of piperidine rings is 1. The topological polar surface area (TPSA) is 87.5 Å².